The van der Waals surface area contributed by atoms with E-state index in [1.54, 1.807) is 0 Å². The largest absolute Gasteiger partial charge is 0.361 e. The second-order valence-corrected chi connectivity index (χ2v) is 5.31. The summed E-state index contributed by atoms with van der Waals surface area (Å²) in [5.74, 6) is -1.19. The van der Waals surface area contributed by atoms with Gasteiger partial charge in [-0.1, -0.05) is 54.6 Å². The Morgan fingerprint density at radius 3 is 2.24 bits per heavy atom. The van der Waals surface area contributed by atoms with Crippen molar-refractivity contribution in [3.8, 4) is 11.1 Å². The summed E-state index contributed by atoms with van der Waals surface area (Å²) in [6, 6.07) is 18.2. The van der Waals surface area contributed by atoms with Crippen molar-refractivity contribution in [3.05, 3.63) is 60.2 Å². The predicted molar refractivity (Wildman–Crippen MR) is 89.5 cm³/mol. The van der Waals surface area contributed by atoms with Crippen LogP contribution >= 0.6 is 17.0 Å². The Morgan fingerprint density at radius 2 is 1.62 bits per heavy atom. The molecule has 1 fully saturated rings. The minimum absolute atomic E-state index is 0. The summed E-state index contributed by atoms with van der Waals surface area (Å²) in [5.41, 5.74) is 3.12. The minimum Gasteiger partial charge on any atom is -0.361 e. The summed E-state index contributed by atoms with van der Waals surface area (Å²) < 4.78 is 5.58. The number of benzene rings is 2. The second-order valence-electron chi connectivity index (χ2n) is 5.31. The van der Waals surface area contributed by atoms with Crippen LogP contribution in [0.5, 0.6) is 0 Å². The van der Waals surface area contributed by atoms with E-state index in [0.717, 1.165) is 17.7 Å². The highest BCUT2D eigenvalue weighted by molar-refractivity contribution is 8.93. The molecule has 4 heteroatoms. The van der Waals surface area contributed by atoms with Gasteiger partial charge in [-0.15, -0.1) is 17.0 Å². The number of aliphatic hydroxyl groups is 1. The molecule has 0 amide bonds. The van der Waals surface area contributed by atoms with Crippen molar-refractivity contribution in [3.63, 3.8) is 0 Å². The summed E-state index contributed by atoms with van der Waals surface area (Å²) in [4.78, 5) is 2.08. The van der Waals surface area contributed by atoms with Crippen molar-refractivity contribution in [1.29, 1.82) is 0 Å². The van der Waals surface area contributed by atoms with Crippen LogP contribution in [0.1, 0.15) is 5.56 Å². The number of rotatable bonds is 2. The van der Waals surface area contributed by atoms with E-state index >= 15 is 0 Å². The van der Waals surface area contributed by atoms with Crippen molar-refractivity contribution in [1.82, 2.24) is 4.90 Å². The van der Waals surface area contributed by atoms with E-state index in [1.807, 2.05) is 49.5 Å². The second kappa shape index (κ2) is 6.71. The summed E-state index contributed by atoms with van der Waals surface area (Å²) in [7, 11) is 1.99. The molecule has 1 aliphatic heterocycles. The van der Waals surface area contributed by atoms with Crippen LogP contribution in [0.25, 0.3) is 11.1 Å². The van der Waals surface area contributed by atoms with Gasteiger partial charge in [0.15, 0.2) is 0 Å². The van der Waals surface area contributed by atoms with Crippen molar-refractivity contribution < 1.29 is 9.84 Å². The number of likely N-dealkylation sites (N-methyl/N-ethyl adjacent to an activating group) is 1. The van der Waals surface area contributed by atoms with Crippen molar-refractivity contribution in [2.45, 2.75) is 5.79 Å². The lowest BCUT2D eigenvalue weighted by Crippen LogP contribution is -2.48. The third-order valence-electron chi connectivity index (χ3n) is 3.74. The van der Waals surface area contributed by atoms with Crippen LogP contribution in [0.4, 0.5) is 0 Å². The van der Waals surface area contributed by atoms with Crippen LogP contribution in [0.2, 0.25) is 0 Å². The molecule has 1 heterocycles. The maximum absolute atomic E-state index is 10.6. The number of hydrogen-bond donors (Lipinski definition) is 1. The van der Waals surface area contributed by atoms with Crippen LogP contribution in [0, 0.1) is 0 Å². The molecule has 3 nitrogen and oxygen atoms in total. The topological polar surface area (TPSA) is 32.7 Å². The molecule has 2 aromatic carbocycles. The lowest BCUT2D eigenvalue weighted by Gasteiger charge is -2.37. The van der Waals surface area contributed by atoms with Crippen molar-refractivity contribution in [2.24, 2.45) is 0 Å². The normalized spacial score (nSPS) is 22.6. The molecular formula is C17H20BrNO2. The number of halogens is 1. The Labute approximate surface area is 135 Å². The van der Waals surface area contributed by atoms with Gasteiger partial charge in [-0.05, 0) is 18.2 Å². The van der Waals surface area contributed by atoms with Crippen LogP contribution in [-0.2, 0) is 10.5 Å². The van der Waals surface area contributed by atoms with Gasteiger partial charge < -0.3 is 9.84 Å². The average Bonchev–Trinajstić information content (AvgIpc) is 2.48. The maximum Gasteiger partial charge on any atom is 0.205 e. The smallest absolute Gasteiger partial charge is 0.205 e. The number of nitrogens with zero attached hydrogens (tertiary/aromatic N) is 1. The Hall–Kier alpha value is -1.20. The molecule has 2 aromatic rings. The standard InChI is InChI=1S/C17H19NO2.BrH/c1-18-11-12-20-17(19,13-18)16-9-7-15(8-10-16)14-5-3-2-4-6-14;/h2-10,19H,11-13H2,1H3;1H. The molecule has 0 radical (unpaired) electrons. The highest BCUT2D eigenvalue weighted by atomic mass is 79.9. The lowest BCUT2D eigenvalue weighted by molar-refractivity contribution is -0.245. The van der Waals surface area contributed by atoms with Crippen LogP contribution in [-0.4, -0.2) is 36.8 Å². The highest BCUT2D eigenvalue weighted by Gasteiger charge is 2.34. The summed E-state index contributed by atoms with van der Waals surface area (Å²) >= 11 is 0. The van der Waals surface area contributed by atoms with Gasteiger partial charge in [-0.2, -0.15) is 0 Å². The SMILES string of the molecule is Br.CN1CCOC(O)(c2ccc(-c3ccccc3)cc2)C1. The summed E-state index contributed by atoms with van der Waals surface area (Å²) in [5, 5.41) is 10.6. The number of ether oxygens (including phenoxy) is 1. The van der Waals surface area contributed by atoms with Crippen LogP contribution in [0.3, 0.4) is 0 Å². The number of hydrogen-bond acceptors (Lipinski definition) is 3. The molecule has 0 bridgehead atoms. The fraction of sp³-hybridized carbons (Fsp3) is 0.294. The number of morpholine rings is 1. The Morgan fingerprint density at radius 1 is 1.00 bits per heavy atom. The summed E-state index contributed by atoms with van der Waals surface area (Å²) in [6.07, 6.45) is 0. The molecule has 0 saturated carbocycles. The third kappa shape index (κ3) is 3.52. The first-order valence-electron chi connectivity index (χ1n) is 6.88. The van der Waals surface area contributed by atoms with Crippen molar-refractivity contribution >= 4 is 17.0 Å². The molecule has 1 aliphatic rings. The molecule has 1 atom stereocenters. The molecule has 0 spiro atoms. The van der Waals surface area contributed by atoms with Gasteiger partial charge in [0.05, 0.1) is 13.2 Å². The highest BCUT2D eigenvalue weighted by Crippen LogP contribution is 2.28. The molecule has 112 valence electrons. The molecule has 0 aliphatic carbocycles. The fourth-order valence-corrected chi connectivity index (χ4v) is 2.59. The van der Waals surface area contributed by atoms with Gasteiger partial charge >= 0.3 is 0 Å². The molecule has 1 N–H and O–H groups in total. The Bertz CT molecular complexity index is 573. The lowest BCUT2D eigenvalue weighted by atomic mass is 9.99. The van der Waals surface area contributed by atoms with E-state index in [4.69, 9.17) is 4.74 Å². The molecular weight excluding hydrogens is 330 g/mol. The van der Waals surface area contributed by atoms with Gasteiger partial charge in [0.1, 0.15) is 0 Å². The zero-order chi connectivity index (χ0) is 14.0. The fourth-order valence-electron chi connectivity index (χ4n) is 2.59. The minimum atomic E-state index is -1.19. The zero-order valence-corrected chi connectivity index (χ0v) is 13.7. The predicted octanol–water partition coefficient (Wildman–Crippen LogP) is 3.04. The van der Waals surface area contributed by atoms with E-state index in [2.05, 4.69) is 17.0 Å². The third-order valence-corrected chi connectivity index (χ3v) is 3.74. The van der Waals surface area contributed by atoms with Gasteiger partial charge in [0.25, 0.3) is 0 Å². The first kappa shape index (κ1) is 16.2. The van der Waals surface area contributed by atoms with E-state index in [9.17, 15) is 5.11 Å². The zero-order valence-electron chi connectivity index (χ0n) is 12.0. The van der Waals surface area contributed by atoms with Gasteiger partial charge in [0, 0.05) is 12.1 Å². The van der Waals surface area contributed by atoms with E-state index < -0.39 is 5.79 Å². The van der Waals surface area contributed by atoms with Crippen LogP contribution in [0.15, 0.2) is 54.6 Å². The Kier molecular flexibility index (Phi) is 5.17. The molecule has 21 heavy (non-hydrogen) atoms. The maximum atomic E-state index is 10.6. The molecule has 1 saturated heterocycles. The van der Waals surface area contributed by atoms with Crippen molar-refractivity contribution in [2.75, 3.05) is 26.7 Å². The van der Waals surface area contributed by atoms with E-state index in [1.165, 1.54) is 5.56 Å². The Balaban J connectivity index is 0.00000161. The van der Waals surface area contributed by atoms with Gasteiger partial charge in [-0.3, -0.25) is 4.90 Å². The summed E-state index contributed by atoms with van der Waals surface area (Å²) in [6.45, 7) is 1.90. The average molecular weight is 350 g/mol. The van der Waals surface area contributed by atoms with E-state index in [0.29, 0.717) is 13.2 Å². The first-order chi connectivity index (χ1) is 9.67. The first-order valence-corrected chi connectivity index (χ1v) is 6.88. The molecule has 3 rings (SSSR count). The quantitative estimate of drug-likeness (QED) is 0.904. The monoisotopic (exact) mass is 349 g/mol. The molecule has 1 unspecified atom stereocenters. The van der Waals surface area contributed by atoms with Crippen LogP contribution < -0.4 is 0 Å². The van der Waals surface area contributed by atoms with Gasteiger partial charge in [-0.25, -0.2) is 0 Å². The van der Waals surface area contributed by atoms with Gasteiger partial charge in [0.2, 0.25) is 5.79 Å². The number of β-amino-alcohol motifs (C(OH)–C–C–N with tert-alkyl or cyclic N) is 1. The van der Waals surface area contributed by atoms with E-state index in [-0.39, 0.29) is 17.0 Å². The molecule has 0 aromatic heterocycles.